The van der Waals surface area contributed by atoms with E-state index in [1.54, 1.807) is 0 Å². The molecular formula is C32H50O3. The first-order valence-electron chi connectivity index (χ1n) is 14.3. The fourth-order valence-corrected chi connectivity index (χ4v) is 6.37. The van der Waals surface area contributed by atoms with Gasteiger partial charge in [-0.2, -0.15) is 0 Å². The Labute approximate surface area is 215 Å². The molecule has 1 aromatic rings. The molecule has 35 heavy (non-hydrogen) atoms. The molecule has 0 radical (unpaired) electrons. The van der Waals surface area contributed by atoms with E-state index in [0.29, 0.717) is 17.3 Å². The van der Waals surface area contributed by atoms with Crippen molar-refractivity contribution in [2.24, 2.45) is 16.7 Å². The summed E-state index contributed by atoms with van der Waals surface area (Å²) < 4.78 is 12.1. The molecule has 1 aromatic carbocycles. The highest BCUT2D eigenvalue weighted by Crippen LogP contribution is 2.52. The van der Waals surface area contributed by atoms with Gasteiger partial charge < -0.3 is 9.47 Å². The van der Waals surface area contributed by atoms with Crippen LogP contribution in [0, 0.1) is 16.7 Å². The van der Waals surface area contributed by atoms with Crippen LogP contribution in [0.3, 0.4) is 0 Å². The summed E-state index contributed by atoms with van der Waals surface area (Å²) in [6.07, 6.45) is 15.5. The van der Waals surface area contributed by atoms with Crippen LogP contribution in [0.1, 0.15) is 130 Å². The second-order valence-electron chi connectivity index (χ2n) is 12.2. The molecule has 0 amide bonds. The number of hydrogen-bond donors (Lipinski definition) is 0. The summed E-state index contributed by atoms with van der Waals surface area (Å²) in [5, 5.41) is 0. The summed E-state index contributed by atoms with van der Waals surface area (Å²) in [7, 11) is 0. The summed E-state index contributed by atoms with van der Waals surface area (Å²) in [5.41, 5.74) is 2.85. The van der Waals surface area contributed by atoms with Gasteiger partial charge in [0.25, 0.3) is 0 Å². The SMILES string of the molecule is CCC(C)(C)CC(C1CC=Cc2c(OCC(=O)OC3(CC)CCCC3)cccc21)C(C)(CC)CC. The number of ether oxygens (including phenoxy) is 2. The molecular weight excluding hydrogens is 432 g/mol. The van der Waals surface area contributed by atoms with Crippen LogP contribution in [0.25, 0.3) is 6.08 Å². The molecule has 3 rings (SSSR count). The van der Waals surface area contributed by atoms with Gasteiger partial charge >= 0.3 is 5.97 Å². The first kappa shape index (κ1) is 27.8. The monoisotopic (exact) mass is 482 g/mol. The Kier molecular flexibility index (Phi) is 9.16. The van der Waals surface area contributed by atoms with Gasteiger partial charge in [0.1, 0.15) is 11.4 Å². The van der Waals surface area contributed by atoms with E-state index in [0.717, 1.165) is 49.8 Å². The lowest BCUT2D eigenvalue weighted by atomic mass is 9.59. The number of carbonyl (C=O) groups is 1. The van der Waals surface area contributed by atoms with Gasteiger partial charge in [0, 0.05) is 5.56 Å². The first-order chi connectivity index (χ1) is 16.6. The maximum Gasteiger partial charge on any atom is 0.344 e. The lowest BCUT2D eigenvalue weighted by Crippen LogP contribution is -2.35. The van der Waals surface area contributed by atoms with Gasteiger partial charge in [0.05, 0.1) is 0 Å². The van der Waals surface area contributed by atoms with Crippen LogP contribution in [0.2, 0.25) is 0 Å². The van der Waals surface area contributed by atoms with E-state index in [-0.39, 0.29) is 23.6 Å². The summed E-state index contributed by atoms with van der Waals surface area (Å²) in [5.74, 6) is 1.61. The van der Waals surface area contributed by atoms with E-state index in [2.05, 4.69) is 72.8 Å². The first-order valence-corrected chi connectivity index (χ1v) is 14.3. The number of fused-ring (bicyclic) bond motifs is 1. The minimum atomic E-state index is -0.272. The molecule has 0 spiro atoms. The largest absolute Gasteiger partial charge is 0.481 e. The van der Waals surface area contributed by atoms with E-state index in [1.807, 2.05) is 6.07 Å². The highest BCUT2D eigenvalue weighted by Gasteiger charge is 2.41. The van der Waals surface area contributed by atoms with Gasteiger partial charge in [0.15, 0.2) is 6.61 Å². The fraction of sp³-hybridized carbons (Fsp3) is 0.719. The standard InChI is InChI=1S/C32H50O3/c1-8-30(5,6)22-27(31(7,9-2)10-3)25-17-14-18-26-24(25)16-15-19-28(26)34-23-29(33)35-32(11-4)20-12-13-21-32/h14-16,18-19,25,27H,8-13,17,20-23H2,1-7H3. The Morgan fingerprint density at radius 2 is 1.74 bits per heavy atom. The highest BCUT2D eigenvalue weighted by atomic mass is 16.6. The van der Waals surface area contributed by atoms with Gasteiger partial charge in [-0.1, -0.05) is 92.0 Å². The number of allylic oxidation sites excluding steroid dienone is 1. The molecule has 2 aliphatic rings. The van der Waals surface area contributed by atoms with Crippen molar-refractivity contribution in [3.63, 3.8) is 0 Å². The summed E-state index contributed by atoms with van der Waals surface area (Å²) in [6, 6.07) is 6.40. The molecule has 3 heteroatoms. The Bertz CT molecular complexity index is 871. The van der Waals surface area contributed by atoms with Crippen molar-refractivity contribution in [2.45, 2.75) is 124 Å². The van der Waals surface area contributed by atoms with Crippen LogP contribution in [-0.2, 0) is 9.53 Å². The minimum Gasteiger partial charge on any atom is -0.481 e. The van der Waals surface area contributed by atoms with Crippen LogP contribution in [0.15, 0.2) is 24.3 Å². The Morgan fingerprint density at radius 1 is 1.06 bits per heavy atom. The Balaban J connectivity index is 1.83. The molecule has 0 aliphatic heterocycles. The normalized spacial score (nSPS) is 20.4. The summed E-state index contributed by atoms with van der Waals surface area (Å²) >= 11 is 0. The van der Waals surface area contributed by atoms with Crippen LogP contribution >= 0.6 is 0 Å². The molecule has 2 atom stereocenters. The van der Waals surface area contributed by atoms with Crippen molar-refractivity contribution >= 4 is 12.0 Å². The second-order valence-corrected chi connectivity index (χ2v) is 12.2. The molecule has 2 aliphatic carbocycles. The van der Waals surface area contributed by atoms with Crippen molar-refractivity contribution in [2.75, 3.05) is 6.61 Å². The number of esters is 1. The van der Waals surface area contributed by atoms with Crippen LogP contribution in [0.4, 0.5) is 0 Å². The van der Waals surface area contributed by atoms with Gasteiger partial charge in [-0.15, -0.1) is 0 Å². The third-order valence-electron chi connectivity index (χ3n) is 9.73. The van der Waals surface area contributed by atoms with E-state index in [9.17, 15) is 4.79 Å². The zero-order valence-corrected chi connectivity index (χ0v) is 23.5. The van der Waals surface area contributed by atoms with Crippen molar-refractivity contribution in [1.29, 1.82) is 0 Å². The quantitative estimate of drug-likeness (QED) is 0.279. The van der Waals surface area contributed by atoms with Crippen LogP contribution in [0.5, 0.6) is 5.75 Å². The maximum absolute atomic E-state index is 12.7. The van der Waals surface area contributed by atoms with Gasteiger partial charge in [-0.05, 0) is 79.2 Å². The number of benzene rings is 1. The van der Waals surface area contributed by atoms with E-state index < -0.39 is 0 Å². The number of hydrogen-bond acceptors (Lipinski definition) is 3. The lowest BCUT2D eigenvalue weighted by molar-refractivity contribution is -0.162. The molecule has 0 bridgehead atoms. The molecule has 0 saturated heterocycles. The second kappa shape index (κ2) is 11.5. The fourth-order valence-electron chi connectivity index (χ4n) is 6.37. The molecule has 0 aromatic heterocycles. The van der Waals surface area contributed by atoms with Crippen LogP contribution < -0.4 is 4.74 Å². The molecule has 0 N–H and O–H groups in total. The molecule has 196 valence electrons. The molecule has 0 heterocycles. The van der Waals surface area contributed by atoms with E-state index >= 15 is 0 Å². The van der Waals surface area contributed by atoms with Crippen molar-refractivity contribution < 1.29 is 14.3 Å². The third-order valence-corrected chi connectivity index (χ3v) is 9.73. The maximum atomic E-state index is 12.7. The van der Waals surface area contributed by atoms with Gasteiger partial charge in [-0.3, -0.25) is 0 Å². The van der Waals surface area contributed by atoms with Crippen molar-refractivity contribution in [1.82, 2.24) is 0 Å². The zero-order valence-electron chi connectivity index (χ0n) is 23.5. The van der Waals surface area contributed by atoms with E-state index in [1.165, 1.54) is 31.2 Å². The highest BCUT2D eigenvalue weighted by molar-refractivity contribution is 5.72. The third kappa shape index (κ3) is 6.33. The Morgan fingerprint density at radius 3 is 2.34 bits per heavy atom. The van der Waals surface area contributed by atoms with Gasteiger partial charge in [0.2, 0.25) is 0 Å². The smallest absolute Gasteiger partial charge is 0.344 e. The predicted octanol–water partition coefficient (Wildman–Crippen LogP) is 9.10. The molecule has 2 unspecified atom stereocenters. The average Bonchev–Trinajstić information content (AvgIpc) is 3.34. The van der Waals surface area contributed by atoms with E-state index in [4.69, 9.17) is 9.47 Å². The molecule has 1 fully saturated rings. The predicted molar refractivity (Wildman–Crippen MR) is 147 cm³/mol. The topological polar surface area (TPSA) is 35.5 Å². The zero-order chi connectivity index (χ0) is 25.7. The minimum absolute atomic E-state index is 0.0232. The summed E-state index contributed by atoms with van der Waals surface area (Å²) in [4.78, 5) is 12.7. The van der Waals surface area contributed by atoms with Gasteiger partial charge in [-0.25, -0.2) is 4.79 Å². The lowest BCUT2D eigenvalue weighted by Gasteiger charge is -2.46. The van der Waals surface area contributed by atoms with Crippen LogP contribution in [-0.4, -0.2) is 18.2 Å². The van der Waals surface area contributed by atoms with Crippen molar-refractivity contribution in [3.8, 4) is 5.75 Å². The number of carbonyl (C=O) groups excluding carboxylic acids is 1. The average molecular weight is 483 g/mol. The number of rotatable bonds is 12. The van der Waals surface area contributed by atoms with Crippen molar-refractivity contribution in [3.05, 3.63) is 35.4 Å². The Hall–Kier alpha value is -1.77. The summed E-state index contributed by atoms with van der Waals surface area (Å²) in [6.45, 7) is 16.5. The molecule has 3 nitrogen and oxygen atoms in total. The molecule has 1 saturated carbocycles.